The molecule has 0 aliphatic heterocycles. The zero-order valence-corrected chi connectivity index (χ0v) is 12.5. The van der Waals surface area contributed by atoms with Crippen LogP contribution in [-0.4, -0.2) is 22.1 Å². The number of amides is 1. The number of aromatic nitrogens is 1. The van der Waals surface area contributed by atoms with E-state index in [2.05, 4.69) is 5.32 Å². The second-order valence-corrected chi connectivity index (χ2v) is 5.39. The quantitative estimate of drug-likeness (QED) is 0.905. The summed E-state index contributed by atoms with van der Waals surface area (Å²) in [5, 5.41) is 13.5. The number of fused-ring (bicyclic) bond motifs is 1. The van der Waals surface area contributed by atoms with Crippen LogP contribution in [0.25, 0.3) is 10.9 Å². The largest absolute Gasteiger partial charge is 0.506 e. The number of hydrogen-bond acceptors (Lipinski definition) is 3. The van der Waals surface area contributed by atoms with Gasteiger partial charge in [0.05, 0.1) is 5.52 Å². The van der Waals surface area contributed by atoms with Crippen molar-refractivity contribution in [2.45, 2.75) is 27.3 Å². The Labute approximate surface area is 123 Å². The van der Waals surface area contributed by atoms with Gasteiger partial charge in [-0.25, -0.2) is 0 Å². The van der Waals surface area contributed by atoms with Gasteiger partial charge in [-0.3, -0.25) is 9.59 Å². The van der Waals surface area contributed by atoms with Crippen LogP contribution in [0.15, 0.2) is 29.1 Å². The number of aromatic hydroxyl groups is 1. The van der Waals surface area contributed by atoms with Crippen LogP contribution in [0.3, 0.4) is 0 Å². The lowest BCUT2D eigenvalue weighted by atomic mass is 10.1. The van der Waals surface area contributed by atoms with Crippen molar-refractivity contribution in [1.29, 1.82) is 0 Å². The van der Waals surface area contributed by atoms with Crippen molar-refractivity contribution >= 4 is 16.8 Å². The first-order valence-electron chi connectivity index (χ1n) is 7.10. The van der Waals surface area contributed by atoms with Crippen molar-refractivity contribution < 1.29 is 9.90 Å². The Hall–Kier alpha value is -2.30. The third-order valence-electron chi connectivity index (χ3n) is 3.36. The maximum absolute atomic E-state index is 12.5. The van der Waals surface area contributed by atoms with Crippen molar-refractivity contribution in [2.75, 3.05) is 6.54 Å². The molecule has 0 unspecified atom stereocenters. The zero-order chi connectivity index (χ0) is 15.6. The molecule has 2 aromatic rings. The summed E-state index contributed by atoms with van der Waals surface area (Å²) in [6, 6.07) is 7.03. The minimum Gasteiger partial charge on any atom is -0.506 e. The van der Waals surface area contributed by atoms with Crippen molar-refractivity contribution in [1.82, 2.24) is 9.88 Å². The first-order chi connectivity index (χ1) is 9.97. The van der Waals surface area contributed by atoms with Crippen LogP contribution in [0.4, 0.5) is 0 Å². The molecule has 0 bridgehead atoms. The van der Waals surface area contributed by atoms with Crippen molar-refractivity contribution in [3.05, 3.63) is 40.2 Å². The van der Waals surface area contributed by atoms with Gasteiger partial charge in [0.25, 0.3) is 11.5 Å². The maximum atomic E-state index is 12.5. The fourth-order valence-electron chi connectivity index (χ4n) is 2.29. The van der Waals surface area contributed by atoms with E-state index >= 15 is 0 Å². The normalized spacial score (nSPS) is 11.0. The first kappa shape index (κ1) is 15.1. The van der Waals surface area contributed by atoms with E-state index < -0.39 is 11.5 Å². The molecular weight excluding hydrogens is 268 g/mol. The highest BCUT2D eigenvalue weighted by molar-refractivity contribution is 6.02. The summed E-state index contributed by atoms with van der Waals surface area (Å²) < 4.78 is 1.50. The fourth-order valence-corrected chi connectivity index (χ4v) is 2.29. The van der Waals surface area contributed by atoms with E-state index in [1.54, 1.807) is 24.3 Å². The third kappa shape index (κ3) is 2.77. The van der Waals surface area contributed by atoms with E-state index in [4.69, 9.17) is 0 Å². The summed E-state index contributed by atoms with van der Waals surface area (Å²) in [5.41, 5.74) is -0.0194. The van der Waals surface area contributed by atoms with Gasteiger partial charge in [0, 0.05) is 18.5 Å². The summed E-state index contributed by atoms with van der Waals surface area (Å²) in [6.45, 7) is 6.65. The lowest BCUT2D eigenvalue weighted by molar-refractivity contribution is 0.0944. The molecule has 0 aliphatic carbocycles. The number of nitrogens with one attached hydrogen (secondary N) is 1. The standard InChI is InChI=1S/C16H20N2O3/c1-4-18-12-8-6-5-7-11(12)14(19)13(16(18)21)15(20)17-9-10(2)3/h5-8,10,19H,4,9H2,1-3H3,(H,17,20). The van der Waals surface area contributed by atoms with Crippen LogP contribution >= 0.6 is 0 Å². The molecule has 1 amide bonds. The summed E-state index contributed by atoms with van der Waals surface area (Å²) >= 11 is 0. The average Bonchev–Trinajstić information content (AvgIpc) is 2.46. The molecule has 1 heterocycles. The monoisotopic (exact) mass is 288 g/mol. The summed E-state index contributed by atoms with van der Waals surface area (Å²) in [6.07, 6.45) is 0. The van der Waals surface area contributed by atoms with Crippen LogP contribution in [0.5, 0.6) is 5.75 Å². The number of aryl methyl sites for hydroxylation is 1. The van der Waals surface area contributed by atoms with Gasteiger partial charge in [-0.1, -0.05) is 26.0 Å². The van der Waals surface area contributed by atoms with Gasteiger partial charge in [-0.2, -0.15) is 0 Å². The molecule has 2 N–H and O–H groups in total. The Morgan fingerprint density at radius 2 is 2.00 bits per heavy atom. The van der Waals surface area contributed by atoms with Gasteiger partial charge < -0.3 is 15.0 Å². The number of carbonyl (C=O) groups excluding carboxylic acids is 1. The van der Waals surface area contributed by atoms with Crippen LogP contribution in [0.1, 0.15) is 31.1 Å². The molecule has 5 heteroatoms. The minimum absolute atomic E-state index is 0.184. The van der Waals surface area contributed by atoms with Crippen molar-refractivity contribution in [3.8, 4) is 5.75 Å². The van der Waals surface area contributed by atoms with Gasteiger partial charge in [0.2, 0.25) is 0 Å². The fraction of sp³-hybridized carbons (Fsp3) is 0.375. The van der Waals surface area contributed by atoms with Crippen LogP contribution < -0.4 is 10.9 Å². The van der Waals surface area contributed by atoms with E-state index in [1.165, 1.54) is 4.57 Å². The second kappa shape index (κ2) is 5.99. The predicted octanol–water partition coefficient (Wildman–Crippen LogP) is 2.11. The summed E-state index contributed by atoms with van der Waals surface area (Å²) in [7, 11) is 0. The number of benzene rings is 1. The molecule has 112 valence electrons. The number of pyridine rings is 1. The molecule has 2 rings (SSSR count). The topological polar surface area (TPSA) is 71.3 Å². The number of rotatable bonds is 4. The molecule has 0 saturated carbocycles. The molecule has 0 spiro atoms. The van der Waals surface area contributed by atoms with E-state index in [0.29, 0.717) is 24.0 Å². The summed E-state index contributed by atoms with van der Waals surface area (Å²) in [5.74, 6) is -0.509. The second-order valence-electron chi connectivity index (χ2n) is 5.39. The van der Waals surface area contributed by atoms with Crippen LogP contribution in [-0.2, 0) is 6.54 Å². The minimum atomic E-state index is -0.529. The molecule has 0 saturated heterocycles. The van der Waals surface area contributed by atoms with Gasteiger partial charge in [0.15, 0.2) is 0 Å². The Morgan fingerprint density at radius 1 is 1.33 bits per heavy atom. The van der Waals surface area contributed by atoms with Gasteiger partial charge >= 0.3 is 0 Å². The molecular formula is C16H20N2O3. The van der Waals surface area contributed by atoms with Gasteiger partial charge in [-0.15, -0.1) is 0 Å². The molecule has 1 aromatic heterocycles. The van der Waals surface area contributed by atoms with E-state index in [1.807, 2.05) is 20.8 Å². The highest BCUT2D eigenvalue weighted by Crippen LogP contribution is 2.26. The Morgan fingerprint density at radius 3 is 2.62 bits per heavy atom. The maximum Gasteiger partial charge on any atom is 0.267 e. The molecule has 0 fully saturated rings. The highest BCUT2D eigenvalue weighted by atomic mass is 16.3. The lowest BCUT2D eigenvalue weighted by Crippen LogP contribution is -2.34. The number of hydrogen-bond donors (Lipinski definition) is 2. The molecule has 1 aromatic carbocycles. The predicted molar refractivity (Wildman–Crippen MR) is 82.7 cm³/mol. The lowest BCUT2D eigenvalue weighted by Gasteiger charge is -2.14. The number of nitrogens with zero attached hydrogens (tertiary/aromatic N) is 1. The third-order valence-corrected chi connectivity index (χ3v) is 3.36. The molecule has 0 atom stereocenters. The Balaban J connectivity index is 2.64. The molecule has 5 nitrogen and oxygen atoms in total. The molecule has 0 aliphatic rings. The van der Waals surface area contributed by atoms with Gasteiger partial charge in [-0.05, 0) is 25.0 Å². The smallest absolute Gasteiger partial charge is 0.267 e. The number of para-hydroxylation sites is 1. The SMILES string of the molecule is CCn1c(=O)c(C(=O)NCC(C)C)c(O)c2ccccc21. The number of carbonyl (C=O) groups is 1. The van der Waals surface area contributed by atoms with E-state index in [0.717, 1.165) is 0 Å². The van der Waals surface area contributed by atoms with E-state index in [-0.39, 0.29) is 17.2 Å². The van der Waals surface area contributed by atoms with E-state index in [9.17, 15) is 14.7 Å². The summed E-state index contributed by atoms with van der Waals surface area (Å²) in [4.78, 5) is 24.7. The van der Waals surface area contributed by atoms with Gasteiger partial charge in [0.1, 0.15) is 11.3 Å². The van der Waals surface area contributed by atoms with Crippen LogP contribution in [0, 0.1) is 5.92 Å². The van der Waals surface area contributed by atoms with Crippen LogP contribution in [0.2, 0.25) is 0 Å². The Kier molecular flexibility index (Phi) is 4.31. The van der Waals surface area contributed by atoms with Crippen molar-refractivity contribution in [2.24, 2.45) is 5.92 Å². The highest BCUT2D eigenvalue weighted by Gasteiger charge is 2.21. The molecule has 0 radical (unpaired) electrons. The Bertz CT molecular complexity index is 732. The zero-order valence-electron chi connectivity index (χ0n) is 12.5. The van der Waals surface area contributed by atoms with Crippen molar-refractivity contribution in [3.63, 3.8) is 0 Å². The first-order valence-corrected chi connectivity index (χ1v) is 7.10. The average molecular weight is 288 g/mol. The molecule has 21 heavy (non-hydrogen) atoms.